The van der Waals surface area contributed by atoms with Crippen LogP contribution in [-0.4, -0.2) is 34.8 Å². The molecule has 2 aromatic rings. The zero-order valence-corrected chi connectivity index (χ0v) is 11.7. The molecular weight excluding hydrogens is 246 g/mol. The van der Waals surface area contributed by atoms with Gasteiger partial charge < -0.3 is 4.90 Å². The normalized spacial score (nSPS) is 17.5. The molecule has 0 N–H and O–H groups in total. The van der Waals surface area contributed by atoms with Gasteiger partial charge in [0.05, 0.1) is 16.7 Å². The number of likely N-dealkylation sites (N-methyl/N-ethyl adjacent to an activating group) is 1. The van der Waals surface area contributed by atoms with Crippen LogP contribution in [-0.2, 0) is 19.9 Å². The van der Waals surface area contributed by atoms with E-state index in [1.807, 2.05) is 17.9 Å². The minimum Gasteiger partial charge on any atom is -0.306 e. The molecule has 1 aliphatic rings. The van der Waals surface area contributed by atoms with Crippen LogP contribution in [0, 0.1) is 0 Å². The lowest BCUT2D eigenvalue weighted by molar-refractivity contribution is 0.328. The highest BCUT2D eigenvalue weighted by atomic mass is 35.5. The number of fused-ring (bicyclic) bond motifs is 3. The lowest BCUT2D eigenvalue weighted by Gasteiger charge is -2.22. The maximum Gasteiger partial charge on any atom is 0.0868 e. The van der Waals surface area contributed by atoms with Gasteiger partial charge in [-0.15, -0.1) is 0 Å². The number of benzene rings is 1. The van der Waals surface area contributed by atoms with Crippen LogP contribution < -0.4 is 0 Å². The van der Waals surface area contributed by atoms with Crippen LogP contribution in [0.1, 0.15) is 17.5 Å². The third-order valence-electron chi connectivity index (χ3n) is 3.91. The minimum atomic E-state index is 0.831. The van der Waals surface area contributed by atoms with Crippen molar-refractivity contribution in [1.82, 2.24) is 14.7 Å². The maximum atomic E-state index is 6.39. The summed E-state index contributed by atoms with van der Waals surface area (Å²) in [6, 6.07) is 2.15. The van der Waals surface area contributed by atoms with Crippen molar-refractivity contribution in [3.05, 3.63) is 28.4 Å². The van der Waals surface area contributed by atoms with Gasteiger partial charge in [0.1, 0.15) is 0 Å². The third kappa shape index (κ3) is 1.91. The van der Waals surface area contributed by atoms with Crippen LogP contribution >= 0.6 is 11.6 Å². The van der Waals surface area contributed by atoms with E-state index in [1.165, 1.54) is 29.5 Å². The van der Waals surface area contributed by atoms with E-state index in [4.69, 9.17) is 11.6 Å². The summed E-state index contributed by atoms with van der Waals surface area (Å²) < 4.78 is 1.88. The van der Waals surface area contributed by atoms with Crippen molar-refractivity contribution in [2.24, 2.45) is 7.05 Å². The van der Waals surface area contributed by atoms with E-state index in [9.17, 15) is 0 Å². The molecule has 2 heterocycles. The van der Waals surface area contributed by atoms with E-state index in [0.717, 1.165) is 29.9 Å². The Hall–Kier alpha value is -1.06. The van der Waals surface area contributed by atoms with Crippen molar-refractivity contribution in [3.8, 4) is 0 Å². The first kappa shape index (κ1) is 12.0. The summed E-state index contributed by atoms with van der Waals surface area (Å²) in [7, 11) is 4.15. The van der Waals surface area contributed by atoms with Crippen LogP contribution in [0.5, 0.6) is 0 Å². The molecule has 0 unspecified atom stereocenters. The van der Waals surface area contributed by atoms with Crippen LogP contribution in [0.3, 0.4) is 0 Å². The smallest absolute Gasteiger partial charge is 0.0868 e. The Bertz CT molecular complexity index is 588. The highest BCUT2D eigenvalue weighted by molar-refractivity contribution is 6.35. The molecule has 3 nitrogen and oxygen atoms in total. The molecule has 0 atom stereocenters. The van der Waals surface area contributed by atoms with Crippen molar-refractivity contribution >= 4 is 22.5 Å². The summed E-state index contributed by atoms with van der Waals surface area (Å²) >= 11 is 6.39. The van der Waals surface area contributed by atoms with E-state index in [1.54, 1.807) is 0 Å². The molecule has 0 fully saturated rings. The Morgan fingerprint density at radius 3 is 2.89 bits per heavy atom. The number of aryl methyl sites for hydroxylation is 2. The SMILES string of the molecule is CN1CCCc2cc(Cl)c3c(cnn3C)c2CC1. The predicted molar refractivity (Wildman–Crippen MR) is 75.2 cm³/mol. The second-order valence-corrected chi connectivity index (χ2v) is 5.59. The fourth-order valence-electron chi connectivity index (χ4n) is 2.90. The van der Waals surface area contributed by atoms with Crippen molar-refractivity contribution < 1.29 is 0 Å². The van der Waals surface area contributed by atoms with Gasteiger partial charge in [-0.3, -0.25) is 4.68 Å². The van der Waals surface area contributed by atoms with Crippen LogP contribution in [0.4, 0.5) is 0 Å². The Kier molecular flexibility index (Phi) is 3.04. The number of nitrogens with zero attached hydrogens (tertiary/aromatic N) is 3. The number of halogens is 1. The molecule has 0 radical (unpaired) electrons. The highest BCUT2D eigenvalue weighted by Crippen LogP contribution is 2.31. The Morgan fingerprint density at radius 2 is 2.06 bits per heavy atom. The Labute approximate surface area is 112 Å². The first-order valence-electron chi connectivity index (χ1n) is 6.47. The molecule has 0 bridgehead atoms. The van der Waals surface area contributed by atoms with E-state index < -0.39 is 0 Å². The average Bonchev–Trinajstić information content (AvgIpc) is 2.69. The summed E-state index contributed by atoms with van der Waals surface area (Å²) in [4.78, 5) is 2.40. The second-order valence-electron chi connectivity index (χ2n) is 5.18. The van der Waals surface area contributed by atoms with Crippen molar-refractivity contribution in [2.75, 3.05) is 20.1 Å². The van der Waals surface area contributed by atoms with Gasteiger partial charge in [-0.05, 0) is 50.0 Å². The summed E-state index contributed by atoms with van der Waals surface area (Å²) in [6.45, 7) is 2.28. The highest BCUT2D eigenvalue weighted by Gasteiger charge is 2.16. The van der Waals surface area contributed by atoms with Gasteiger partial charge in [-0.1, -0.05) is 11.6 Å². The Balaban J connectivity index is 2.19. The molecule has 0 amide bonds. The molecule has 3 rings (SSSR count). The quantitative estimate of drug-likeness (QED) is 0.729. The minimum absolute atomic E-state index is 0.831. The summed E-state index contributed by atoms with van der Waals surface area (Å²) in [6.07, 6.45) is 5.36. The number of rotatable bonds is 0. The van der Waals surface area contributed by atoms with Crippen molar-refractivity contribution in [1.29, 1.82) is 0 Å². The fourth-order valence-corrected chi connectivity index (χ4v) is 3.25. The molecule has 4 heteroatoms. The molecular formula is C14H18ClN3. The zero-order valence-electron chi connectivity index (χ0n) is 10.9. The van der Waals surface area contributed by atoms with Gasteiger partial charge >= 0.3 is 0 Å². The van der Waals surface area contributed by atoms with Crippen molar-refractivity contribution in [3.63, 3.8) is 0 Å². The van der Waals surface area contributed by atoms with Gasteiger partial charge in [0.15, 0.2) is 0 Å². The lowest BCUT2D eigenvalue weighted by atomic mass is 9.95. The molecule has 96 valence electrons. The molecule has 1 aromatic carbocycles. The maximum absolute atomic E-state index is 6.39. The molecule has 0 saturated carbocycles. The molecule has 1 aromatic heterocycles. The molecule has 0 spiro atoms. The van der Waals surface area contributed by atoms with Crippen LogP contribution in [0.15, 0.2) is 12.3 Å². The number of aromatic nitrogens is 2. The summed E-state index contributed by atoms with van der Waals surface area (Å²) in [5.41, 5.74) is 3.92. The van der Waals surface area contributed by atoms with Gasteiger partial charge in [-0.25, -0.2) is 0 Å². The molecule has 0 aliphatic carbocycles. The van der Waals surface area contributed by atoms with E-state index in [0.29, 0.717) is 0 Å². The average molecular weight is 264 g/mol. The molecule has 1 aliphatic heterocycles. The second kappa shape index (κ2) is 4.56. The standard InChI is InChI=1S/C14H18ClN3/c1-17-6-3-4-10-8-13(15)14-12(9-16-18(14)2)11(10)5-7-17/h8-9H,3-7H2,1-2H3. The number of hydrogen-bond acceptors (Lipinski definition) is 2. The van der Waals surface area contributed by atoms with Gasteiger partial charge in [0.25, 0.3) is 0 Å². The monoisotopic (exact) mass is 263 g/mol. The van der Waals surface area contributed by atoms with E-state index >= 15 is 0 Å². The molecule has 18 heavy (non-hydrogen) atoms. The summed E-state index contributed by atoms with van der Waals surface area (Å²) in [5, 5.41) is 6.42. The largest absolute Gasteiger partial charge is 0.306 e. The van der Waals surface area contributed by atoms with Gasteiger partial charge in [0.2, 0.25) is 0 Å². The summed E-state index contributed by atoms with van der Waals surface area (Å²) in [5.74, 6) is 0. The third-order valence-corrected chi connectivity index (χ3v) is 4.20. The van der Waals surface area contributed by atoms with Gasteiger partial charge in [0, 0.05) is 19.0 Å². The number of hydrogen-bond donors (Lipinski definition) is 0. The first-order chi connectivity index (χ1) is 8.66. The topological polar surface area (TPSA) is 21.1 Å². The lowest BCUT2D eigenvalue weighted by Crippen LogP contribution is -2.25. The van der Waals surface area contributed by atoms with E-state index in [2.05, 4.69) is 23.1 Å². The van der Waals surface area contributed by atoms with Gasteiger partial charge in [-0.2, -0.15) is 5.10 Å². The zero-order chi connectivity index (χ0) is 12.7. The molecule has 0 saturated heterocycles. The first-order valence-corrected chi connectivity index (χ1v) is 6.85. The van der Waals surface area contributed by atoms with E-state index in [-0.39, 0.29) is 0 Å². The predicted octanol–water partition coefficient (Wildman–Crippen LogP) is 2.65. The van der Waals surface area contributed by atoms with Crippen LogP contribution in [0.2, 0.25) is 5.02 Å². The Morgan fingerprint density at radius 1 is 1.22 bits per heavy atom. The van der Waals surface area contributed by atoms with Crippen molar-refractivity contribution in [2.45, 2.75) is 19.3 Å². The van der Waals surface area contributed by atoms with Crippen LogP contribution in [0.25, 0.3) is 10.9 Å². The fraction of sp³-hybridized carbons (Fsp3) is 0.500.